The maximum atomic E-state index is 12.5. The van der Waals surface area contributed by atoms with Crippen LogP contribution in [0.5, 0.6) is 0 Å². The largest absolute Gasteiger partial charge is 0.480 e. The van der Waals surface area contributed by atoms with Gasteiger partial charge in [0.2, 0.25) is 5.91 Å². The van der Waals surface area contributed by atoms with Gasteiger partial charge >= 0.3 is 5.97 Å². The molecule has 4 aliphatic rings. The number of amides is 1. The van der Waals surface area contributed by atoms with Crippen LogP contribution in [0.3, 0.4) is 0 Å². The zero-order valence-electron chi connectivity index (χ0n) is 15.2. The second-order valence-electron chi connectivity index (χ2n) is 9.00. The molecule has 1 amide bonds. The molecule has 5 heteroatoms. The molecule has 25 heavy (non-hydrogen) atoms. The molecule has 2 atom stereocenters. The van der Waals surface area contributed by atoms with Crippen molar-refractivity contribution >= 4 is 11.9 Å². The Labute approximate surface area is 150 Å². The predicted octanol–water partition coefficient (Wildman–Crippen LogP) is 2.65. The van der Waals surface area contributed by atoms with Gasteiger partial charge in [-0.15, -0.1) is 0 Å². The van der Waals surface area contributed by atoms with E-state index in [2.05, 4.69) is 10.2 Å². The lowest BCUT2D eigenvalue weighted by Crippen LogP contribution is -2.55. The maximum Gasteiger partial charge on any atom is 0.317 e. The smallest absolute Gasteiger partial charge is 0.317 e. The van der Waals surface area contributed by atoms with E-state index in [1.807, 2.05) is 0 Å². The molecular weight excluding hydrogens is 316 g/mol. The van der Waals surface area contributed by atoms with Crippen LogP contribution in [-0.2, 0) is 9.59 Å². The first-order valence-corrected chi connectivity index (χ1v) is 10.4. The van der Waals surface area contributed by atoms with Crippen molar-refractivity contribution in [2.45, 2.75) is 76.3 Å². The maximum absolute atomic E-state index is 12.5. The van der Waals surface area contributed by atoms with Gasteiger partial charge in [-0.2, -0.15) is 0 Å². The van der Waals surface area contributed by atoms with Crippen LogP contribution in [0.4, 0.5) is 0 Å². The van der Waals surface area contributed by atoms with Crippen molar-refractivity contribution in [1.29, 1.82) is 0 Å². The molecule has 0 heterocycles. The topological polar surface area (TPSA) is 69.6 Å². The molecule has 0 aliphatic heterocycles. The first kappa shape index (κ1) is 17.3. The standard InChI is InChI=1S/C20H32N2O3/c23-19(24)12-22(11-13-6-7-13)16-8-15(9-16)21-20(25)18-10-17(18)14-4-2-1-3-5-14/h13-18H,1-12H2,(H,21,25)(H,23,24). The molecule has 4 fully saturated rings. The second kappa shape index (κ2) is 7.26. The molecule has 4 saturated carbocycles. The Morgan fingerprint density at radius 1 is 1.00 bits per heavy atom. The molecule has 4 aliphatic carbocycles. The minimum absolute atomic E-state index is 0.147. The molecule has 0 radical (unpaired) electrons. The fourth-order valence-electron chi connectivity index (χ4n) is 5.06. The van der Waals surface area contributed by atoms with E-state index in [-0.39, 0.29) is 24.4 Å². The Morgan fingerprint density at radius 3 is 2.36 bits per heavy atom. The highest BCUT2D eigenvalue weighted by Crippen LogP contribution is 2.49. The summed E-state index contributed by atoms with van der Waals surface area (Å²) in [5.74, 6) is 1.95. The van der Waals surface area contributed by atoms with Gasteiger partial charge in [-0.25, -0.2) is 0 Å². The van der Waals surface area contributed by atoms with Gasteiger partial charge in [0, 0.05) is 24.5 Å². The molecule has 2 unspecified atom stereocenters. The first-order valence-electron chi connectivity index (χ1n) is 10.4. The average molecular weight is 348 g/mol. The fraction of sp³-hybridized carbons (Fsp3) is 0.900. The third-order valence-electron chi connectivity index (χ3n) is 6.94. The zero-order chi connectivity index (χ0) is 17.4. The SMILES string of the molecule is O=C(O)CN(CC1CC1)C1CC(NC(=O)C2CC2C2CCCCC2)C1. The van der Waals surface area contributed by atoms with Crippen LogP contribution in [0, 0.1) is 23.7 Å². The van der Waals surface area contributed by atoms with E-state index >= 15 is 0 Å². The van der Waals surface area contributed by atoms with Crippen LogP contribution < -0.4 is 5.32 Å². The summed E-state index contributed by atoms with van der Waals surface area (Å²) in [5.41, 5.74) is 0. The Morgan fingerprint density at radius 2 is 1.72 bits per heavy atom. The van der Waals surface area contributed by atoms with Crippen LogP contribution in [0.15, 0.2) is 0 Å². The Hall–Kier alpha value is -1.10. The third kappa shape index (κ3) is 4.36. The first-order chi connectivity index (χ1) is 12.1. The molecule has 0 aromatic rings. The number of hydrogen-bond acceptors (Lipinski definition) is 3. The zero-order valence-corrected chi connectivity index (χ0v) is 15.2. The lowest BCUT2D eigenvalue weighted by atomic mass is 9.84. The van der Waals surface area contributed by atoms with Crippen LogP contribution in [0.1, 0.15) is 64.2 Å². The van der Waals surface area contributed by atoms with E-state index in [4.69, 9.17) is 5.11 Å². The minimum atomic E-state index is -0.735. The van der Waals surface area contributed by atoms with Crippen molar-refractivity contribution in [2.75, 3.05) is 13.1 Å². The van der Waals surface area contributed by atoms with Crippen LogP contribution in [0.25, 0.3) is 0 Å². The number of nitrogens with zero attached hydrogens (tertiary/aromatic N) is 1. The molecule has 0 bridgehead atoms. The average Bonchev–Trinajstić information content (AvgIpc) is 3.43. The normalized spacial score (nSPS) is 35.2. The van der Waals surface area contributed by atoms with Gasteiger partial charge in [0.1, 0.15) is 0 Å². The highest BCUT2D eigenvalue weighted by atomic mass is 16.4. The van der Waals surface area contributed by atoms with E-state index in [0.29, 0.717) is 17.9 Å². The number of nitrogens with one attached hydrogen (secondary N) is 1. The van der Waals surface area contributed by atoms with Crippen molar-refractivity contribution in [3.63, 3.8) is 0 Å². The molecule has 0 saturated heterocycles. The summed E-state index contributed by atoms with van der Waals surface area (Å²) in [7, 11) is 0. The summed E-state index contributed by atoms with van der Waals surface area (Å²) in [6.45, 7) is 1.07. The summed E-state index contributed by atoms with van der Waals surface area (Å²) < 4.78 is 0. The Bertz CT molecular complexity index is 507. The lowest BCUT2D eigenvalue weighted by Gasteiger charge is -2.42. The summed E-state index contributed by atoms with van der Waals surface area (Å²) in [4.78, 5) is 25.7. The van der Waals surface area contributed by atoms with E-state index < -0.39 is 5.97 Å². The number of rotatable bonds is 8. The number of carbonyl (C=O) groups excluding carboxylic acids is 1. The van der Waals surface area contributed by atoms with Gasteiger partial charge in [0.15, 0.2) is 0 Å². The summed E-state index contributed by atoms with van der Waals surface area (Å²) in [5, 5.41) is 12.4. The van der Waals surface area contributed by atoms with Gasteiger partial charge in [-0.1, -0.05) is 32.1 Å². The van der Waals surface area contributed by atoms with Crippen molar-refractivity contribution < 1.29 is 14.7 Å². The minimum Gasteiger partial charge on any atom is -0.480 e. The summed E-state index contributed by atoms with van der Waals surface area (Å²) >= 11 is 0. The molecule has 4 rings (SSSR count). The van der Waals surface area contributed by atoms with Crippen LogP contribution in [-0.4, -0.2) is 47.1 Å². The molecule has 5 nitrogen and oxygen atoms in total. The van der Waals surface area contributed by atoms with Crippen molar-refractivity contribution in [1.82, 2.24) is 10.2 Å². The molecule has 0 spiro atoms. The van der Waals surface area contributed by atoms with Crippen LogP contribution in [0.2, 0.25) is 0 Å². The van der Waals surface area contributed by atoms with E-state index in [1.54, 1.807) is 0 Å². The van der Waals surface area contributed by atoms with Gasteiger partial charge < -0.3 is 10.4 Å². The number of carbonyl (C=O) groups is 2. The molecule has 0 aromatic carbocycles. The number of carboxylic acids is 1. The van der Waals surface area contributed by atoms with E-state index in [1.165, 1.54) is 44.9 Å². The van der Waals surface area contributed by atoms with Crippen LogP contribution >= 0.6 is 0 Å². The highest BCUT2D eigenvalue weighted by molar-refractivity contribution is 5.82. The summed E-state index contributed by atoms with van der Waals surface area (Å²) in [6, 6.07) is 0.607. The number of aliphatic carboxylic acids is 1. The lowest BCUT2D eigenvalue weighted by molar-refractivity contribution is -0.140. The summed E-state index contributed by atoms with van der Waals surface area (Å²) in [6.07, 6.45) is 12.1. The molecular formula is C20H32N2O3. The number of carboxylic acid groups (broad SMARTS) is 1. The Balaban J connectivity index is 1.18. The van der Waals surface area contributed by atoms with E-state index in [0.717, 1.165) is 31.7 Å². The Kier molecular flexibility index (Phi) is 5.03. The van der Waals surface area contributed by atoms with Crippen molar-refractivity contribution in [3.05, 3.63) is 0 Å². The molecule has 0 aromatic heterocycles. The predicted molar refractivity (Wildman–Crippen MR) is 95.1 cm³/mol. The van der Waals surface area contributed by atoms with E-state index in [9.17, 15) is 9.59 Å². The number of hydrogen-bond donors (Lipinski definition) is 2. The van der Waals surface area contributed by atoms with Gasteiger partial charge in [0.25, 0.3) is 0 Å². The van der Waals surface area contributed by atoms with Gasteiger partial charge in [-0.3, -0.25) is 14.5 Å². The van der Waals surface area contributed by atoms with Crippen molar-refractivity contribution in [2.24, 2.45) is 23.7 Å². The molecule has 2 N–H and O–H groups in total. The van der Waals surface area contributed by atoms with Gasteiger partial charge in [0.05, 0.1) is 6.54 Å². The quantitative estimate of drug-likeness (QED) is 0.707. The monoisotopic (exact) mass is 348 g/mol. The molecule has 140 valence electrons. The van der Waals surface area contributed by atoms with Crippen molar-refractivity contribution in [3.8, 4) is 0 Å². The second-order valence-corrected chi connectivity index (χ2v) is 9.00. The highest BCUT2D eigenvalue weighted by Gasteiger charge is 2.48. The van der Waals surface area contributed by atoms with Gasteiger partial charge in [-0.05, 0) is 49.9 Å². The fourth-order valence-corrected chi connectivity index (χ4v) is 5.06. The third-order valence-corrected chi connectivity index (χ3v) is 6.94.